The minimum Gasteiger partial charge on any atom is -0.449 e. The van der Waals surface area contributed by atoms with Crippen molar-refractivity contribution in [2.45, 2.75) is 13.8 Å². The highest BCUT2D eigenvalue weighted by molar-refractivity contribution is 6.16. The molecule has 0 aliphatic rings. The molecule has 0 saturated heterocycles. The number of anilines is 2. The van der Waals surface area contributed by atoms with Gasteiger partial charge in [0.05, 0.1) is 0 Å². The zero-order valence-electron chi connectivity index (χ0n) is 18.6. The Labute approximate surface area is 195 Å². The lowest BCUT2D eigenvalue weighted by atomic mass is 10.1. The van der Waals surface area contributed by atoms with Crippen molar-refractivity contribution in [2.75, 3.05) is 10.6 Å². The third-order valence-corrected chi connectivity index (χ3v) is 5.40. The second-order valence-electron chi connectivity index (χ2n) is 8.02. The summed E-state index contributed by atoms with van der Waals surface area (Å²) in [6, 6.07) is 23.8. The van der Waals surface area contributed by atoms with Crippen molar-refractivity contribution < 1.29 is 18.5 Å². The molecule has 0 aliphatic carbocycles. The third kappa shape index (κ3) is 4.19. The van der Waals surface area contributed by atoms with Crippen LogP contribution in [0, 0.1) is 13.8 Å². The standard InChI is InChI=1S/C27H21N3O4/c1-16-10-12-18(13-11-16)23-15-21(30-34-23)26(31)29-24-20-8-3-4-9-22(20)33-25(24)27(32)28-19-7-5-6-17(2)14-19/h3-15H,1-2H3,(H,28,32)(H,29,31). The van der Waals surface area contributed by atoms with Gasteiger partial charge < -0.3 is 19.6 Å². The normalized spacial score (nSPS) is 10.9. The molecule has 0 aliphatic heterocycles. The van der Waals surface area contributed by atoms with Crippen LogP contribution in [0.2, 0.25) is 0 Å². The van der Waals surface area contributed by atoms with Crippen LogP contribution >= 0.6 is 0 Å². The van der Waals surface area contributed by atoms with E-state index in [9.17, 15) is 9.59 Å². The van der Waals surface area contributed by atoms with E-state index in [1.165, 1.54) is 0 Å². The van der Waals surface area contributed by atoms with Gasteiger partial charge in [0, 0.05) is 22.7 Å². The van der Waals surface area contributed by atoms with Crippen LogP contribution in [0.1, 0.15) is 32.2 Å². The van der Waals surface area contributed by atoms with Crippen LogP contribution in [-0.4, -0.2) is 17.0 Å². The maximum atomic E-state index is 13.1. The van der Waals surface area contributed by atoms with Gasteiger partial charge in [0.2, 0.25) is 5.76 Å². The summed E-state index contributed by atoms with van der Waals surface area (Å²) in [4.78, 5) is 26.1. The monoisotopic (exact) mass is 451 g/mol. The van der Waals surface area contributed by atoms with Crippen LogP contribution in [-0.2, 0) is 0 Å². The number of aryl methyl sites for hydroxylation is 2. The first-order valence-electron chi connectivity index (χ1n) is 10.7. The van der Waals surface area contributed by atoms with Gasteiger partial charge in [-0.15, -0.1) is 0 Å². The summed E-state index contributed by atoms with van der Waals surface area (Å²) in [5.74, 6) is -0.520. The van der Waals surface area contributed by atoms with Crippen LogP contribution in [0.15, 0.2) is 87.8 Å². The number of hydrogen-bond acceptors (Lipinski definition) is 5. The topological polar surface area (TPSA) is 97.4 Å². The molecule has 5 aromatic rings. The molecular formula is C27H21N3O4. The van der Waals surface area contributed by atoms with Crippen molar-refractivity contribution >= 4 is 34.2 Å². The van der Waals surface area contributed by atoms with Crippen molar-refractivity contribution in [1.29, 1.82) is 0 Å². The lowest BCUT2D eigenvalue weighted by molar-refractivity contribution is 0.0999. The fourth-order valence-corrected chi connectivity index (χ4v) is 3.65. The number of benzene rings is 3. The smallest absolute Gasteiger partial charge is 0.293 e. The zero-order valence-corrected chi connectivity index (χ0v) is 18.6. The van der Waals surface area contributed by atoms with Crippen LogP contribution in [0.5, 0.6) is 0 Å². The Hall–Kier alpha value is -4.65. The second kappa shape index (κ2) is 8.71. The Kier molecular flexibility index (Phi) is 5.43. The Morgan fingerprint density at radius 1 is 0.794 bits per heavy atom. The van der Waals surface area contributed by atoms with Gasteiger partial charge >= 0.3 is 0 Å². The molecule has 5 rings (SSSR count). The number of carbonyl (C=O) groups excluding carboxylic acids is 2. The SMILES string of the molecule is Cc1ccc(-c2cc(C(=O)Nc3c(C(=O)Nc4cccc(C)c4)oc4ccccc34)no2)cc1. The molecule has 7 heteroatoms. The number of nitrogens with one attached hydrogen (secondary N) is 2. The van der Waals surface area contributed by atoms with E-state index in [2.05, 4.69) is 15.8 Å². The first-order valence-corrected chi connectivity index (χ1v) is 10.7. The van der Waals surface area contributed by atoms with Gasteiger partial charge in [0.25, 0.3) is 11.8 Å². The first-order chi connectivity index (χ1) is 16.5. The molecule has 0 saturated carbocycles. The van der Waals surface area contributed by atoms with Crippen LogP contribution in [0.25, 0.3) is 22.3 Å². The Morgan fingerprint density at radius 3 is 2.38 bits per heavy atom. The van der Waals surface area contributed by atoms with E-state index >= 15 is 0 Å². The van der Waals surface area contributed by atoms with Gasteiger partial charge in [-0.1, -0.05) is 59.3 Å². The molecular weight excluding hydrogens is 430 g/mol. The number of nitrogens with zero attached hydrogens (tertiary/aromatic N) is 1. The summed E-state index contributed by atoms with van der Waals surface area (Å²) >= 11 is 0. The third-order valence-electron chi connectivity index (χ3n) is 5.40. The zero-order chi connectivity index (χ0) is 23.7. The van der Waals surface area contributed by atoms with Crippen molar-refractivity contribution in [2.24, 2.45) is 0 Å². The van der Waals surface area contributed by atoms with Crippen molar-refractivity contribution in [3.63, 3.8) is 0 Å². The molecule has 0 atom stereocenters. The highest BCUT2D eigenvalue weighted by Crippen LogP contribution is 2.32. The number of carbonyl (C=O) groups is 2. The van der Waals surface area contributed by atoms with Gasteiger partial charge in [-0.05, 0) is 43.7 Å². The number of para-hydroxylation sites is 1. The van der Waals surface area contributed by atoms with E-state index in [0.29, 0.717) is 22.4 Å². The lowest BCUT2D eigenvalue weighted by Crippen LogP contribution is -2.17. The van der Waals surface area contributed by atoms with Gasteiger partial charge in [-0.3, -0.25) is 9.59 Å². The molecule has 0 bridgehead atoms. The van der Waals surface area contributed by atoms with Crippen molar-refractivity contribution in [3.05, 3.63) is 101 Å². The molecule has 0 radical (unpaired) electrons. The molecule has 0 unspecified atom stereocenters. The van der Waals surface area contributed by atoms with Crippen LogP contribution in [0.4, 0.5) is 11.4 Å². The first kappa shape index (κ1) is 21.2. The van der Waals surface area contributed by atoms with Crippen molar-refractivity contribution in [1.82, 2.24) is 5.16 Å². The maximum Gasteiger partial charge on any atom is 0.293 e. The second-order valence-corrected chi connectivity index (χ2v) is 8.02. The minimum absolute atomic E-state index is 0.00157. The molecule has 34 heavy (non-hydrogen) atoms. The summed E-state index contributed by atoms with van der Waals surface area (Å²) in [6.45, 7) is 3.93. The van der Waals surface area contributed by atoms with Crippen molar-refractivity contribution in [3.8, 4) is 11.3 Å². The number of furan rings is 1. The predicted molar refractivity (Wildman–Crippen MR) is 130 cm³/mol. The van der Waals surface area contributed by atoms with E-state index < -0.39 is 11.8 Å². The number of aromatic nitrogens is 1. The van der Waals surface area contributed by atoms with E-state index in [-0.39, 0.29) is 17.1 Å². The molecule has 2 amide bonds. The summed E-state index contributed by atoms with van der Waals surface area (Å²) in [5, 5.41) is 10.1. The van der Waals surface area contributed by atoms with Gasteiger partial charge in [-0.25, -0.2) is 0 Å². The quantitative estimate of drug-likeness (QED) is 0.331. The molecule has 2 heterocycles. The Balaban J connectivity index is 1.44. The van der Waals surface area contributed by atoms with Crippen LogP contribution < -0.4 is 10.6 Å². The molecule has 2 aromatic heterocycles. The number of hydrogen-bond donors (Lipinski definition) is 2. The predicted octanol–water partition coefficient (Wildman–Crippen LogP) is 6.21. The minimum atomic E-state index is -0.515. The van der Waals surface area contributed by atoms with Crippen LogP contribution in [0.3, 0.4) is 0 Å². The van der Waals surface area contributed by atoms with E-state index in [1.54, 1.807) is 36.4 Å². The Bertz CT molecular complexity index is 1510. The molecule has 7 nitrogen and oxygen atoms in total. The molecule has 3 aromatic carbocycles. The average Bonchev–Trinajstić information content (AvgIpc) is 3.46. The number of amides is 2. The van der Waals surface area contributed by atoms with Gasteiger partial charge in [-0.2, -0.15) is 0 Å². The Morgan fingerprint density at radius 2 is 1.59 bits per heavy atom. The summed E-state index contributed by atoms with van der Waals surface area (Å²) in [7, 11) is 0. The highest BCUT2D eigenvalue weighted by atomic mass is 16.5. The van der Waals surface area contributed by atoms with E-state index in [1.807, 2.05) is 56.3 Å². The fourth-order valence-electron chi connectivity index (χ4n) is 3.65. The molecule has 168 valence electrons. The number of fused-ring (bicyclic) bond motifs is 1. The van der Waals surface area contributed by atoms with Gasteiger partial charge in [0.1, 0.15) is 11.3 Å². The largest absolute Gasteiger partial charge is 0.449 e. The molecule has 2 N–H and O–H groups in total. The summed E-state index contributed by atoms with van der Waals surface area (Å²) < 4.78 is 11.2. The maximum absolute atomic E-state index is 13.1. The molecule has 0 spiro atoms. The summed E-state index contributed by atoms with van der Waals surface area (Å²) in [5.41, 5.74) is 4.39. The number of rotatable bonds is 5. The molecule has 0 fully saturated rings. The lowest BCUT2D eigenvalue weighted by Gasteiger charge is -2.07. The highest BCUT2D eigenvalue weighted by Gasteiger charge is 2.24. The average molecular weight is 451 g/mol. The van der Waals surface area contributed by atoms with E-state index in [4.69, 9.17) is 8.94 Å². The fraction of sp³-hybridized carbons (Fsp3) is 0.0741. The van der Waals surface area contributed by atoms with Gasteiger partial charge in [0.15, 0.2) is 11.5 Å². The van der Waals surface area contributed by atoms with E-state index in [0.717, 1.165) is 16.7 Å². The summed E-state index contributed by atoms with van der Waals surface area (Å²) in [6.07, 6.45) is 0.